The van der Waals surface area contributed by atoms with E-state index in [1.165, 1.54) is 17.4 Å². The van der Waals surface area contributed by atoms with E-state index < -0.39 is 0 Å². The fourth-order valence-electron chi connectivity index (χ4n) is 2.94. The second-order valence-electron chi connectivity index (χ2n) is 5.81. The number of thiazole rings is 1. The van der Waals surface area contributed by atoms with Gasteiger partial charge in [0, 0.05) is 41.2 Å². The summed E-state index contributed by atoms with van der Waals surface area (Å²) in [6.45, 7) is 3.85. The zero-order chi connectivity index (χ0) is 14.9. The molecular weight excluding hydrogens is 294 g/mol. The summed E-state index contributed by atoms with van der Waals surface area (Å²) in [5.41, 5.74) is 4.61. The molecule has 1 fully saturated rings. The number of rotatable bonds is 4. The lowest BCUT2D eigenvalue weighted by atomic mass is 10.1. The van der Waals surface area contributed by atoms with Crippen molar-refractivity contribution in [2.75, 3.05) is 18.5 Å². The molecule has 0 spiro atoms. The first-order valence-electron chi connectivity index (χ1n) is 7.69. The van der Waals surface area contributed by atoms with E-state index >= 15 is 0 Å². The van der Waals surface area contributed by atoms with Gasteiger partial charge < -0.3 is 15.0 Å². The summed E-state index contributed by atoms with van der Waals surface area (Å²) in [4.78, 5) is 8.06. The van der Waals surface area contributed by atoms with Crippen molar-refractivity contribution in [3.8, 4) is 11.3 Å². The first-order valence-corrected chi connectivity index (χ1v) is 8.57. The number of H-pyrrole nitrogens is 1. The van der Waals surface area contributed by atoms with E-state index in [9.17, 15) is 0 Å². The first-order chi connectivity index (χ1) is 10.8. The SMILES string of the molecule is Cc1ccc2c(-c3csc(NCC4CCCO4)n3)c[nH]c2c1. The van der Waals surface area contributed by atoms with Gasteiger partial charge in [-0.3, -0.25) is 0 Å². The standard InChI is InChI=1S/C17H19N3OS/c1-11-4-5-13-14(9-18-15(13)7-11)16-10-22-17(20-16)19-8-12-3-2-6-21-12/h4-5,7,9-10,12,18H,2-3,6,8H2,1H3,(H,19,20). The van der Waals surface area contributed by atoms with Crippen molar-refractivity contribution in [1.82, 2.24) is 9.97 Å². The molecule has 22 heavy (non-hydrogen) atoms. The molecule has 2 aromatic heterocycles. The third kappa shape index (κ3) is 2.62. The van der Waals surface area contributed by atoms with Gasteiger partial charge in [0.2, 0.25) is 0 Å². The molecule has 1 aromatic carbocycles. The lowest BCUT2D eigenvalue weighted by molar-refractivity contribution is 0.120. The number of hydrogen-bond acceptors (Lipinski definition) is 4. The monoisotopic (exact) mass is 313 g/mol. The molecule has 114 valence electrons. The minimum Gasteiger partial charge on any atom is -0.376 e. The van der Waals surface area contributed by atoms with Crippen LogP contribution in [0.3, 0.4) is 0 Å². The maximum atomic E-state index is 5.63. The summed E-state index contributed by atoms with van der Waals surface area (Å²) in [5.74, 6) is 0. The number of fused-ring (bicyclic) bond motifs is 1. The average molecular weight is 313 g/mol. The van der Waals surface area contributed by atoms with Gasteiger partial charge in [0.25, 0.3) is 0 Å². The number of nitrogens with one attached hydrogen (secondary N) is 2. The topological polar surface area (TPSA) is 49.9 Å². The molecular formula is C17H19N3OS. The van der Waals surface area contributed by atoms with Gasteiger partial charge in [0.15, 0.2) is 5.13 Å². The highest BCUT2D eigenvalue weighted by Gasteiger charge is 2.16. The molecule has 1 atom stereocenters. The van der Waals surface area contributed by atoms with Crippen LogP contribution >= 0.6 is 11.3 Å². The van der Waals surface area contributed by atoms with Crippen molar-refractivity contribution >= 4 is 27.4 Å². The summed E-state index contributed by atoms with van der Waals surface area (Å²) in [7, 11) is 0. The second-order valence-corrected chi connectivity index (χ2v) is 6.66. The van der Waals surface area contributed by atoms with Crippen LogP contribution in [0, 0.1) is 6.92 Å². The normalized spacial score (nSPS) is 18.1. The molecule has 0 radical (unpaired) electrons. The Kier molecular flexibility index (Phi) is 3.60. The number of ether oxygens (including phenoxy) is 1. The predicted octanol–water partition coefficient (Wildman–Crippen LogP) is 4.19. The molecule has 1 unspecified atom stereocenters. The molecule has 1 saturated heterocycles. The fraction of sp³-hybridized carbons (Fsp3) is 0.353. The molecule has 0 bridgehead atoms. The lowest BCUT2D eigenvalue weighted by Gasteiger charge is -2.09. The molecule has 2 N–H and O–H groups in total. The number of aryl methyl sites for hydroxylation is 1. The number of benzene rings is 1. The minimum atomic E-state index is 0.336. The number of aromatic amines is 1. The Morgan fingerprint density at radius 3 is 3.27 bits per heavy atom. The summed E-state index contributed by atoms with van der Waals surface area (Å²) < 4.78 is 5.63. The molecule has 1 aliphatic rings. The number of nitrogens with zero attached hydrogens (tertiary/aromatic N) is 1. The van der Waals surface area contributed by atoms with E-state index in [0.29, 0.717) is 6.10 Å². The van der Waals surface area contributed by atoms with Crippen LogP contribution < -0.4 is 5.32 Å². The van der Waals surface area contributed by atoms with Gasteiger partial charge in [-0.25, -0.2) is 4.98 Å². The largest absolute Gasteiger partial charge is 0.376 e. The van der Waals surface area contributed by atoms with E-state index in [4.69, 9.17) is 9.72 Å². The first kappa shape index (κ1) is 13.8. The van der Waals surface area contributed by atoms with Crippen molar-refractivity contribution < 1.29 is 4.74 Å². The van der Waals surface area contributed by atoms with E-state index in [1.807, 2.05) is 6.20 Å². The molecule has 0 amide bonds. The van der Waals surface area contributed by atoms with Crippen LogP contribution in [-0.2, 0) is 4.74 Å². The Hall–Kier alpha value is -1.85. The summed E-state index contributed by atoms with van der Waals surface area (Å²) in [6, 6.07) is 6.47. The van der Waals surface area contributed by atoms with E-state index in [0.717, 1.165) is 41.5 Å². The van der Waals surface area contributed by atoms with Crippen LogP contribution in [0.4, 0.5) is 5.13 Å². The summed E-state index contributed by atoms with van der Waals surface area (Å²) in [6.07, 6.45) is 4.70. The predicted molar refractivity (Wildman–Crippen MR) is 91.6 cm³/mol. The zero-order valence-electron chi connectivity index (χ0n) is 12.6. The molecule has 4 nitrogen and oxygen atoms in total. The van der Waals surface area contributed by atoms with Crippen LogP contribution in [0.2, 0.25) is 0 Å². The maximum Gasteiger partial charge on any atom is 0.183 e. The Morgan fingerprint density at radius 1 is 1.45 bits per heavy atom. The smallest absolute Gasteiger partial charge is 0.183 e. The van der Waals surface area contributed by atoms with Crippen molar-refractivity contribution in [3.63, 3.8) is 0 Å². The van der Waals surface area contributed by atoms with Gasteiger partial charge in [-0.15, -0.1) is 11.3 Å². The molecule has 5 heteroatoms. The summed E-state index contributed by atoms with van der Waals surface area (Å²) in [5, 5.41) is 7.70. The molecule has 4 rings (SSSR count). The Balaban J connectivity index is 1.54. The van der Waals surface area contributed by atoms with Crippen LogP contribution in [0.1, 0.15) is 18.4 Å². The van der Waals surface area contributed by atoms with Crippen LogP contribution in [0.5, 0.6) is 0 Å². The van der Waals surface area contributed by atoms with Gasteiger partial charge in [-0.2, -0.15) is 0 Å². The van der Waals surface area contributed by atoms with Gasteiger partial charge in [0.05, 0.1) is 11.8 Å². The zero-order valence-corrected chi connectivity index (χ0v) is 13.4. The Bertz CT molecular complexity index is 786. The van der Waals surface area contributed by atoms with Gasteiger partial charge in [0.1, 0.15) is 0 Å². The van der Waals surface area contributed by atoms with Crippen molar-refractivity contribution in [3.05, 3.63) is 35.3 Å². The third-order valence-corrected chi connectivity index (χ3v) is 4.92. The van der Waals surface area contributed by atoms with Gasteiger partial charge in [-0.05, 0) is 31.4 Å². The maximum absolute atomic E-state index is 5.63. The molecule has 3 aromatic rings. The van der Waals surface area contributed by atoms with Crippen molar-refractivity contribution in [2.24, 2.45) is 0 Å². The number of anilines is 1. The van der Waals surface area contributed by atoms with Crippen LogP contribution in [0.15, 0.2) is 29.8 Å². The molecule has 3 heterocycles. The highest BCUT2D eigenvalue weighted by atomic mass is 32.1. The van der Waals surface area contributed by atoms with Crippen LogP contribution in [-0.4, -0.2) is 29.2 Å². The second kappa shape index (κ2) is 5.74. The van der Waals surface area contributed by atoms with Crippen LogP contribution in [0.25, 0.3) is 22.2 Å². The quantitative estimate of drug-likeness (QED) is 0.759. The van der Waals surface area contributed by atoms with Gasteiger partial charge in [-0.1, -0.05) is 12.1 Å². The Morgan fingerprint density at radius 2 is 2.41 bits per heavy atom. The highest BCUT2D eigenvalue weighted by Crippen LogP contribution is 2.31. The molecule has 1 aliphatic heterocycles. The Labute approximate surface area is 133 Å². The molecule has 0 saturated carbocycles. The minimum absolute atomic E-state index is 0.336. The number of hydrogen-bond donors (Lipinski definition) is 2. The van der Waals surface area contributed by atoms with Crippen molar-refractivity contribution in [2.45, 2.75) is 25.9 Å². The van der Waals surface area contributed by atoms with E-state index in [1.54, 1.807) is 11.3 Å². The van der Waals surface area contributed by atoms with E-state index in [-0.39, 0.29) is 0 Å². The average Bonchev–Trinajstić information content (AvgIpc) is 3.25. The van der Waals surface area contributed by atoms with Crippen molar-refractivity contribution in [1.29, 1.82) is 0 Å². The number of aromatic nitrogens is 2. The third-order valence-electron chi connectivity index (χ3n) is 4.12. The van der Waals surface area contributed by atoms with E-state index in [2.05, 4.69) is 40.8 Å². The van der Waals surface area contributed by atoms with Gasteiger partial charge >= 0.3 is 0 Å². The summed E-state index contributed by atoms with van der Waals surface area (Å²) >= 11 is 1.65. The lowest BCUT2D eigenvalue weighted by Crippen LogP contribution is -2.18. The highest BCUT2D eigenvalue weighted by molar-refractivity contribution is 7.14. The fourth-order valence-corrected chi connectivity index (χ4v) is 3.66. The molecule has 0 aliphatic carbocycles.